The van der Waals surface area contributed by atoms with Crippen molar-refractivity contribution in [3.05, 3.63) is 35.7 Å². The van der Waals surface area contributed by atoms with Crippen LogP contribution in [0.4, 0.5) is 0 Å². The zero-order valence-electron chi connectivity index (χ0n) is 12.9. The largest absolute Gasteiger partial charge is 0.310 e. The summed E-state index contributed by atoms with van der Waals surface area (Å²) in [7, 11) is 0. The minimum absolute atomic E-state index is 0.409. The van der Waals surface area contributed by atoms with E-state index in [1.54, 1.807) is 11.8 Å². The van der Waals surface area contributed by atoms with Gasteiger partial charge in [-0.15, -0.1) is 0 Å². The van der Waals surface area contributed by atoms with Gasteiger partial charge in [-0.25, -0.2) is 4.98 Å². The Morgan fingerprint density at radius 1 is 1.24 bits per heavy atom. The average Bonchev–Trinajstić information content (AvgIpc) is 2.97. The molecule has 0 saturated carbocycles. The molecule has 2 rings (SSSR count). The maximum Gasteiger partial charge on any atom is 0.174 e. The summed E-state index contributed by atoms with van der Waals surface area (Å²) in [5.41, 5.74) is 1.37. The van der Waals surface area contributed by atoms with E-state index in [0.29, 0.717) is 6.04 Å². The van der Waals surface area contributed by atoms with Gasteiger partial charge in [-0.2, -0.15) is 4.37 Å². The predicted molar refractivity (Wildman–Crippen MR) is 91.2 cm³/mol. The van der Waals surface area contributed by atoms with Gasteiger partial charge in [-0.1, -0.05) is 50.7 Å². The van der Waals surface area contributed by atoms with E-state index in [2.05, 4.69) is 59.7 Å². The van der Waals surface area contributed by atoms with Crippen LogP contribution in [0.25, 0.3) is 0 Å². The molecule has 0 radical (unpaired) electrons. The average molecular weight is 322 g/mol. The lowest BCUT2D eigenvalue weighted by Crippen LogP contribution is -2.21. The van der Waals surface area contributed by atoms with Gasteiger partial charge in [-0.3, -0.25) is 0 Å². The van der Waals surface area contributed by atoms with Gasteiger partial charge in [0.1, 0.15) is 5.82 Å². The van der Waals surface area contributed by atoms with E-state index < -0.39 is 0 Å². The van der Waals surface area contributed by atoms with Crippen molar-refractivity contribution in [1.29, 1.82) is 0 Å². The normalized spacial score (nSPS) is 12.5. The molecule has 5 heteroatoms. The number of hydrogen-bond donors (Lipinski definition) is 1. The molecule has 1 heterocycles. The van der Waals surface area contributed by atoms with Gasteiger partial charge in [-0.05, 0) is 42.5 Å². The van der Waals surface area contributed by atoms with Crippen LogP contribution in [-0.2, 0) is 6.42 Å². The van der Waals surface area contributed by atoms with Crippen LogP contribution in [0.5, 0.6) is 0 Å². The third-order valence-corrected chi connectivity index (χ3v) is 5.19. The highest BCUT2D eigenvalue weighted by molar-refractivity contribution is 8.01. The SMILES string of the molecule is CCCNC(CC)c1ccccc1Sc1nc(CC)ns1. The Hall–Kier alpha value is -0.910. The molecule has 0 saturated heterocycles. The highest BCUT2D eigenvalue weighted by Gasteiger charge is 2.14. The Balaban J connectivity index is 2.18. The number of aryl methyl sites for hydroxylation is 1. The van der Waals surface area contributed by atoms with Gasteiger partial charge in [0.15, 0.2) is 4.34 Å². The number of benzene rings is 1. The topological polar surface area (TPSA) is 37.8 Å². The molecule has 0 aliphatic carbocycles. The predicted octanol–water partition coefficient (Wildman–Crippen LogP) is 4.70. The fourth-order valence-corrected chi connectivity index (χ4v) is 4.01. The summed E-state index contributed by atoms with van der Waals surface area (Å²) in [5, 5.41) is 3.63. The number of nitrogens with one attached hydrogen (secondary N) is 1. The van der Waals surface area contributed by atoms with Gasteiger partial charge in [0.05, 0.1) is 0 Å². The summed E-state index contributed by atoms with van der Waals surface area (Å²) in [6.07, 6.45) is 3.14. The molecule has 0 fully saturated rings. The molecule has 1 atom stereocenters. The Bertz CT molecular complexity index is 554. The first-order chi connectivity index (χ1) is 10.3. The van der Waals surface area contributed by atoms with Gasteiger partial charge < -0.3 is 5.32 Å². The molecular weight excluding hydrogens is 298 g/mol. The molecule has 21 heavy (non-hydrogen) atoms. The summed E-state index contributed by atoms with van der Waals surface area (Å²) in [6.45, 7) is 7.57. The molecule has 1 aromatic carbocycles. The fourth-order valence-electron chi connectivity index (χ4n) is 2.17. The summed E-state index contributed by atoms with van der Waals surface area (Å²) in [5.74, 6) is 0.941. The summed E-state index contributed by atoms with van der Waals surface area (Å²) < 4.78 is 5.40. The molecular formula is C16H23N3S2. The summed E-state index contributed by atoms with van der Waals surface area (Å²) >= 11 is 3.23. The van der Waals surface area contributed by atoms with Crippen LogP contribution in [0, 0.1) is 0 Å². The number of rotatable bonds is 8. The summed E-state index contributed by atoms with van der Waals surface area (Å²) in [4.78, 5) is 5.85. The van der Waals surface area contributed by atoms with E-state index >= 15 is 0 Å². The van der Waals surface area contributed by atoms with Gasteiger partial charge in [0.25, 0.3) is 0 Å². The van der Waals surface area contributed by atoms with E-state index in [0.717, 1.165) is 36.0 Å². The van der Waals surface area contributed by atoms with E-state index in [9.17, 15) is 0 Å². The zero-order valence-corrected chi connectivity index (χ0v) is 14.6. The maximum absolute atomic E-state index is 4.56. The molecule has 0 aliphatic heterocycles. The Labute approximate surface area is 135 Å². The zero-order chi connectivity index (χ0) is 15.1. The first kappa shape index (κ1) is 16.5. The highest BCUT2D eigenvalue weighted by atomic mass is 32.2. The molecule has 1 aromatic heterocycles. The smallest absolute Gasteiger partial charge is 0.174 e. The van der Waals surface area contributed by atoms with Crippen LogP contribution in [0.15, 0.2) is 33.5 Å². The molecule has 1 N–H and O–H groups in total. The molecule has 1 unspecified atom stereocenters. The van der Waals surface area contributed by atoms with Crippen molar-refractivity contribution in [1.82, 2.24) is 14.7 Å². The van der Waals surface area contributed by atoms with Gasteiger partial charge in [0, 0.05) is 17.4 Å². The van der Waals surface area contributed by atoms with E-state index in [4.69, 9.17) is 0 Å². The highest BCUT2D eigenvalue weighted by Crippen LogP contribution is 2.35. The molecule has 114 valence electrons. The van der Waals surface area contributed by atoms with Crippen LogP contribution in [-0.4, -0.2) is 15.9 Å². The molecule has 2 aromatic rings. The first-order valence-corrected chi connectivity index (χ1v) is 9.20. The van der Waals surface area contributed by atoms with Crippen molar-refractivity contribution < 1.29 is 0 Å². The van der Waals surface area contributed by atoms with E-state index in [1.807, 2.05) is 0 Å². The first-order valence-electron chi connectivity index (χ1n) is 7.61. The van der Waals surface area contributed by atoms with Gasteiger partial charge in [0.2, 0.25) is 0 Å². The quantitative estimate of drug-likeness (QED) is 0.764. The monoisotopic (exact) mass is 321 g/mol. The van der Waals surface area contributed by atoms with Crippen LogP contribution >= 0.6 is 23.3 Å². The van der Waals surface area contributed by atoms with Crippen LogP contribution in [0.2, 0.25) is 0 Å². The van der Waals surface area contributed by atoms with Gasteiger partial charge >= 0.3 is 0 Å². The fraction of sp³-hybridized carbons (Fsp3) is 0.500. The third-order valence-electron chi connectivity index (χ3n) is 3.31. The Morgan fingerprint density at radius 3 is 2.71 bits per heavy atom. The second kappa shape index (κ2) is 8.51. The lowest BCUT2D eigenvalue weighted by Gasteiger charge is -2.19. The lowest BCUT2D eigenvalue weighted by atomic mass is 10.0. The van der Waals surface area contributed by atoms with Crippen LogP contribution in [0.3, 0.4) is 0 Å². The van der Waals surface area contributed by atoms with Crippen molar-refractivity contribution in [3.63, 3.8) is 0 Å². The number of nitrogens with zero attached hydrogens (tertiary/aromatic N) is 2. The van der Waals surface area contributed by atoms with Crippen LogP contribution in [0.1, 0.15) is 51.0 Å². The molecule has 0 bridgehead atoms. The van der Waals surface area contributed by atoms with Crippen molar-refractivity contribution in [2.75, 3.05) is 6.54 Å². The second-order valence-corrected chi connectivity index (χ2v) is 6.93. The van der Waals surface area contributed by atoms with Crippen molar-refractivity contribution in [2.24, 2.45) is 0 Å². The minimum Gasteiger partial charge on any atom is -0.310 e. The molecule has 0 spiro atoms. The Morgan fingerprint density at radius 2 is 2.05 bits per heavy atom. The van der Waals surface area contributed by atoms with Crippen LogP contribution < -0.4 is 5.32 Å². The number of aromatic nitrogens is 2. The van der Waals surface area contributed by atoms with Crippen molar-refractivity contribution in [2.45, 2.75) is 55.3 Å². The summed E-state index contributed by atoms with van der Waals surface area (Å²) in [6, 6.07) is 9.03. The lowest BCUT2D eigenvalue weighted by molar-refractivity contribution is 0.512. The van der Waals surface area contributed by atoms with Crippen molar-refractivity contribution >= 4 is 23.3 Å². The third kappa shape index (κ3) is 4.53. The number of hydrogen-bond acceptors (Lipinski definition) is 5. The molecule has 3 nitrogen and oxygen atoms in total. The van der Waals surface area contributed by atoms with E-state index in [-0.39, 0.29) is 0 Å². The van der Waals surface area contributed by atoms with E-state index in [1.165, 1.54) is 22.0 Å². The second-order valence-electron chi connectivity index (χ2n) is 4.88. The Kier molecular flexibility index (Phi) is 6.67. The molecule has 0 aliphatic rings. The van der Waals surface area contributed by atoms with Crippen molar-refractivity contribution in [3.8, 4) is 0 Å². The standard InChI is InChI=1S/C16H23N3S2/c1-4-11-17-13(5-2)12-9-7-8-10-14(12)20-16-18-15(6-3)19-21-16/h7-10,13,17H,4-6,11H2,1-3H3. The molecule has 0 amide bonds. The minimum atomic E-state index is 0.409. The maximum atomic E-state index is 4.56.